The fourth-order valence-corrected chi connectivity index (χ4v) is 8.77. The van der Waals surface area contributed by atoms with E-state index in [4.69, 9.17) is 21.5 Å². The molecule has 0 radical (unpaired) electrons. The topological polar surface area (TPSA) is 99.9 Å². The van der Waals surface area contributed by atoms with Crippen LogP contribution < -0.4 is 21.5 Å². The molecule has 0 saturated heterocycles. The lowest BCUT2D eigenvalue weighted by Crippen LogP contribution is -2.30. The van der Waals surface area contributed by atoms with Gasteiger partial charge in [-0.05, 0) is 127 Å². The monoisotopic (exact) mass is 663 g/mol. The van der Waals surface area contributed by atoms with Crippen LogP contribution in [0, 0.1) is 11.8 Å². The highest BCUT2D eigenvalue weighted by molar-refractivity contribution is 5.94. The van der Waals surface area contributed by atoms with Gasteiger partial charge in [-0.3, -0.25) is 0 Å². The molecular weight excluding hydrogens is 631 g/mol. The van der Waals surface area contributed by atoms with Gasteiger partial charge in [0, 0.05) is 0 Å². The molecule has 0 aromatic heterocycles. The molecule has 51 heavy (non-hydrogen) atoms. The van der Waals surface area contributed by atoms with Crippen molar-refractivity contribution in [2.75, 3.05) is 0 Å². The molecule has 246 valence electrons. The number of rotatable bonds is 7. The van der Waals surface area contributed by atoms with Gasteiger partial charge in [0.15, 0.2) is 0 Å². The van der Waals surface area contributed by atoms with Crippen molar-refractivity contribution in [3.63, 3.8) is 0 Å². The molecule has 2 atom stereocenters. The summed E-state index contributed by atoms with van der Waals surface area (Å²) in [6.45, 7) is 2.12. The van der Waals surface area contributed by atoms with E-state index < -0.39 is 10.8 Å². The van der Waals surface area contributed by atoms with Gasteiger partial charge in [-0.25, -0.2) is 0 Å². The molecule has 6 nitrogen and oxygen atoms in total. The minimum absolute atomic E-state index is 0.379. The Balaban J connectivity index is 1.42. The number of hydrogen-bond donors (Lipinski definition) is 2. The minimum atomic E-state index is -0.723. The molecule has 0 saturated carbocycles. The van der Waals surface area contributed by atoms with E-state index in [1.165, 1.54) is 27.8 Å². The molecule has 0 aliphatic heterocycles. The Labute approximate surface area is 295 Å². The summed E-state index contributed by atoms with van der Waals surface area (Å²) in [6, 6.07) is 54.8. The van der Waals surface area contributed by atoms with E-state index in [1.807, 2.05) is 36.4 Å². The van der Waals surface area contributed by atoms with Gasteiger partial charge in [-0.1, -0.05) is 115 Å². The van der Waals surface area contributed by atoms with Crippen molar-refractivity contribution in [1.82, 2.24) is 0 Å². The summed E-state index contributed by atoms with van der Waals surface area (Å²) in [7, 11) is 0. The molecule has 2 unspecified atom stereocenters. The first-order valence-electron chi connectivity index (χ1n) is 16.9. The van der Waals surface area contributed by atoms with Crippen molar-refractivity contribution in [3.8, 4) is 33.8 Å². The lowest BCUT2D eigenvalue weighted by Gasteiger charge is -2.35. The Morgan fingerprint density at radius 1 is 0.451 bits per heavy atom. The molecule has 2 aliphatic carbocycles. The summed E-state index contributed by atoms with van der Waals surface area (Å²) in [5, 5.41) is 3.21. The lowest BCUT2D eigenvalue weighted by atomic mass is 9.66. The summed E-state index contributed by atoms with van der Waals surface area (Å²) in [6.07, 6.45) is 0. The van der Waals surface area contributed by atoms with E-state index in [-0.39, 0.29) is 0 Å². The first-order chi connectivity index (χ1) is 25.0. The summed E-state index contributed by atoms with van der Waals surface area (Å²) in [5.74, 6) is 12.3. The van der Waals surface area contributed by atoms with Crippen LogP contribution in [-0.2, 0) is 10.8 Å². The summed E-state index contributed by atoms with van der Waals surface area (Å²) >= 11 is 0. The highest BCUT2D eigenvalue weighted by Crippen LogP contribution is 2.62. The molecule has 7 aromatic carbocycles. The van der Waals surface area contributed by atoms with Crippen molar-refractivity contribution in [2.45, 2.75) is 17.8 Å². The highest BCUT2D eigenvalue weighted by atomic mass is 16.6. The summed E-state index contributed by atoms with van der Waals surface area (Å²) in [5.41, 5.74) is 13.9. The Morgan fingerprint density at radius 2 is 0.824 bits per heavy atom. The van der Waals surface area contributed by atoms with E-state index in [2.05, 4.69) is 121 Å². The molecule has 7 aromatic rings. The van der Waals surface area contributed by atoms with Gasteiger partial charge in [0.2, 0.25) is 0 Å². The molecular formula is C45H33N3O3. The minimum Gasteiger partial charge on any atom is -0.412 e. The number of nitrogens with two attached hydrogens (primary N) is 2. The zero-order chi connectivity index (χ0) is 34.7. The predicted molar refractivity (Wildman–Crippen MR) is 201 cm³/mol. The van der Waals surface area contributed by atoms with Crippen LogP contribution in [0.1, 0.15) is 50.1 Å². The molecule has 0 bridgehead atoms. The molecule has 2 aliphatic rings. The van der Waals surface area contributed by atoms with Crippen LogP contribution in [0.5, 0.6) is 11.5 Å². The number of hydrogen-bond acceptors (Lipinski definition) is 6. The van der Waals surface area contributed by atoms with Crippen LogP contribution in [0.25, 0.3) is 22.3 Å². The Bertz CT molecular complexity index is 2460. The number of aryl methyl sites for hydroxylation is 1. The number of nitroso groups, excluding NO2 is 1. The average molecular weight is 664 g/mol. The third-order valence-corrected chi connectivity index (χ3v) is 10.9. The highest BCUT2D eigenvalue weighted by Gasteiger charge is 2.51. The number of fused-ring (bicyclic) bond motifs is 6. The number of nitrogens with zero attached hydrogens (tertiary/aromatic N) is 1. The summed E-state index contributed by atoms with van der Waals surface area (Å²) < 4.78 is 0. The molecule has 0 fully saturated rings. The van der Waals surface area contributed by atoms with Gasteiger partial charge in [0.05, 0.1) is 10.8 Å². The van der Waals surface area contributed by atoms with Crippen LogP contribution in [0.15, 0.2) is 163 Å². The standard InChI is InChI=1S/C45H33N3O3/c1-28-10-12-29(13-11-28)44(31-16-22-34(50-46)23-17-31)40-8-4-2-6-36(40)38-27-43-39(26-42(38)44)37-7-3-5-9-41(37)45(43,30-14-20-33(48-49)21-15-30)32-18-24-35(51-47)25-19-32/h2-27H,46-47H2,1H3. The van der Waals surface area contributed by atoms with Crippen LogP contribution in [0.3, 0.4) is 0 Å². The van der Waals surface area contributed by atoms with E-state index in [0.717, 1.165) is 44.5 Å². The van der Waals surface area contributed by atoms with Crippen molar-refractivity contribution >= 4 is 5.69 Å². The van der Waals surface area contributed by atoms with Gasteiger partial charge in [-0.2, -0.15) is 11.8 Å². The normalized spacial score (nSPS) is 17.9. The average Bonchev–Trinajstić information content (AvgIpc) is 3.65. The van der Waals surface area contributed by atoms with Gasteiger partial charge in [0.1, 0.15) is 17.2 Å². The Kier molecular flexibility index (Phi) is 7.00. The predicted octanol–water partition coefficient (Wildman–Crippen LogP) is 9.62. The largest absolute Gasteiger partial charge is 0.412 e. The Morgan fingerprint density at radius 3 is 1.22 bits per heavy atom. The van der Waals surface area contributed by atoms with E-state index in [1.54, 1.807) is 12.1 Å². The quantitative estimate of drug-likeness (QED) is 0.131. The second-order valence-corrected chi connectivity index (χ2v) is 13.3. The van der Waals surface area contributed by atoms with Gasteiger partial charge in [0.25, 0.3) is 0 Å². The maximum atomic E-state index is 11.6. The summed E-state index contributed by atoms with van der Waals surface area (Å²) in [4.78, 5) is 21.8. The molecule has 0 heterocycles. The third kappa shape index (κ3) is 4.24. The van der Waals surface area contributed by atoms with Gasteiger partial charge < -0.3 is 9.68 Å². The Hall–Kier alpha value is -6.34. The fourth-order valence-electron chi connectivity index (χ4n) is 8.77. The molecule has 9 rings (SSSR count). The number of benzene rings is 7. The zero-order valence-electron chi connectivity index (χ0n) is 27.8. The fraction of sp³-hybridized carbons (Fsp3) is 0.0667. The van der Waals surface area contributed by atoms with Crippen molar-refractivity contribution < 1.29 is 9.68 Å². The lowest BCUT2D eigenvalue weighted by molar-refractivity contribution is 0.334. The molecule has 0 amide bonds. The maximum Gasteiger partial charge on any atom is 0.146 e. The second-order valence-electron chi connectivity index (χ2n) is 13.3. The first-order valence-corrected chi connectivity index (χ1v) is 16.9. The zero-order valence-corrected chi connectivity index (χ0v) is 27.8. The van der Waals surface area contributed by atoms with E-state index in [0.29, 0.717) is 17.2 Å². The van der Waals surface area contributed by atoms with Crippen molar-refractivity contribution in [2.24, 2.45) is 17.0 Å². The first kappa shape index (κ1) is 30.7. The second kappa shape index (κ2) is 11.6. The molecule has 0 spiro atoms. The molecule has 6 heteroatoms. The van der Waals surface area contributed by atoms with Gasteiger partial charge in [-0.15, -0.1) is 4.91 Å². The van der Waals surface area contributed by atoms with Crippen LogP contribution >= 0.6 is 0 Å². The third-order valence-electron chi connectivity index (χ3n) is 10.9. The van der Waals surface area contributed by atoms with Crippen molar-refractivity contribution in [3.05, 3.63) is 213 Å². The molecule has 4 N–H and O–H groups in total. The van der Waals surface area contributed by atoms with Crippen LogP contribution in [0.4, 0.5) is 5.69 Å². The maximum absolute atomic E-state index is 11.6. The van der Waals surface area contributed by atoms with Crippen molar-refractivity contribution in [1.29, 1.82) is 0 Å². The van der Waals surface area contributed by atoms with Gasteiger partial charge >= 0.3 is 0 Å². The van der Waals surface area contributed by atoms with E-state index >= 15 is 0 Å². The smallest absolute Gasteiger partial charge is 0.146 e. The van der Waals surface area contributed by atoms with Crippen LogP contribution in [0.2, 0.25) is 0 Å². The SMILES string of the molecule is Cc1ccc(C2(c3ccc(ON)cc3)c3ccccc3-c3cc4c(cc32)-c2ccccc2C4(c2ccc(N=O)cc2)c2ccc(ON)cc2)cc1. The van der Waals surface area contributed by atoms with E-state index in [9.17, 15) is 4.91 Å². The van der Waals surface area contributed by atoms with Crippen LogP contribution in [-0.4, -0.2) is 0 Å².